The molecule has 5 rings (SSSR count). The van der Waals surface area contributed by atoms with Crippen LogP contribution in [0.1, 0.15) is 26.3 Å². The predicted molar refractivity (Wildman–Crippen MR) is 112 cm³/mol. The van der Waals surface area contributed by atoms with Gasteiger partial charge < -0.3 is 4.57 Å². The molecular weight excluding hydrogens is 322 g/mol. The zero-order valence-corrected chi connectivity index (χ0v) is 15.9. The standard InChI is InChI=1S/C23H21NS/c1-23(2,3)14-9-11-19-16(13-14)22-20(25-19)12-10-18-21(22)15-7-5-6-8-17(15)24(18)4/h5-13H,1-4H3. The highest BCUT2D eigenvalue weighted by Gasteiger charge is 2.18. The lowest BCUT2D eigenvalue weighted by Gasteiger charge is -2.18. The normalized spacial score (nSPS) is 12.8. The molecule has 124 valence electrons. The van der Waals surface area contributed by atoms with Gasteiger partial charge >= 0.3 is 0 Å². The molecule has 0 bridgehead atoms. The molecule has 1 nitrogen and oxygen atoms in total. The molecule has 0 N–H and O–H groups in total. The van der Waals surface area contributed by atoms with Crippen LogP contribution in [0.2, 0.25) is 0 Å². The maximum Gasteiger partial charge on any atom is 0.0496 e. The first kappa shape index (κ1) is 15.0. The Balaban J connectivity index is 2.05. The summed E-state index contributed by atoms with van der Waals surface area (Å²) in [4.78, 5) is 0. The summed E-state index contributed by atoms with van der Waals surface area (Å²) in [6.07, 6.45) is 0. The molecule has 2 heteroatoms. The van der Waals surface area contributed by atoms with E-state index in [4.69, 9.17) is 0 Å². The number of aromatic nitrogens is 1. The van der Waals surface area contributed by atoms with Crippen molar-refractivity contribution in [3.05, 3.63) is 60.2 Å². The van der Waals surface area contributed by atoms with Crippen molar-refractivity contribution in [2.45, 2.75) is 26.2 Å². The van der Waals surface area contributed by atoms with Crippen molar-refractivity contribution in [1.29, 1.82) is 0 Å². The Morgan fingerprint density at radius 3 is 2.32 bits per heavy atom. The minimum Gasteiger partial charge on any atom is -0.344 e. The molecule has 25 heavy (non-hydrogen) atoms. The summed E-state index contributed by atoms with van der Waals surface area (Å²) in [5.74, 6) is 0. The first-order valence-electron chi connectivity index (χ1n) is 8.78. The van der Waals surface area contributed by atoms with Crippen LogP contribution in [0.5, 0.6) is 0 Å². The molecule has 0 aliphatic heterocycles. The van der Waals surface area contributed by atoms with Crippen molar-refractivity contribution < 1.29 is 0 Å². The second-order valence-electron chi connectivity index (χ2n) is 7.97. The molecule has 0 amide bonds. The summed E-state index contributed by atoms with van der Waals surface area (Å²) < 4.78 is 5.08. The lowest BCUT2D eigenvalue weighted by atomic mass is 9.86. The number of para-hydroxylation sites is 1. The number of hydrogen-bond acceptors (Lipinski definition) is 1. The molecule has 2 heterocycles. The van der Waals surface area contributed by atoms with Crippen LogP contribution in [0.15, 0.2) is 54.6 Å². The third kappa shape index (κ3) is 2.01. The van der Waals surface area contributed by atoms with Crippen LogP contribution in [-0.4, -0.2) is 4.57 Å². The van der Waals surface area contributed by atoms with Gasteiger partial charge in [0.1, 0.15) is 0 Å². The average Bonchev–Trinajstić information content (AvgIpc) is 3.10. The van der Waals surface area contributed by atoms with Crippen molar-refractivity contribution in [3.8, 4) is 0 Å². The average molecular weight is 343 g/mol. The molecule has 3 aromatic carbocycles. The molecule has 2 aromatic heterocycles. The fourth-order valence-electron chi connectivity index (χ4n) is 3.98. The fraction of sp³-hybridized carbons (Fsp3) is 0.217. The van der Waals surface area contributed by atoms with E-state index in [0.717, 1.165) is 0 Å². The van der Waals surface area contributed by atoms with Crippen LogP contribution >= 0.6 is 11.3 Å². The third-order valence-electron chi connectivity index (χ3n) is 5.38. The van der Waals surface area contributed by atoms with Crippen molar-refractivity contribution in [3.63, 3.8) is 0 Å². The van der Waals surface area contributed by atoms with Gasteiger partial charge in [-0.05, 0) is 41.3 Å². The predicted octanol–water partition coefficient (Wildman–Crippen LogP) is 7.00. The number of hydrogen-bond donors (Lipinski definition) is 0. The molecule has 0 saturated heterocycles. The van der Waals surface area contributed by atoms with Crippen LogP contribution in [0.4, 0.5) is 0 Å². The maximum absolute atomic E-state index is 2.41. The minimum absolute atomic E-state index is 0.162. The van der Waals surface area contributed by atoms with Gasteiger partial charge in [-0.1, -0.05) is 45.0 Å². The zero-order valence-electron chi connectivity index (χ0n) is 15.1. The second kappa shape index (κ2) is 4.86. The number of thiophene rings is 1. The molecule has 0 spiro atoms. The van der Waals surface area contributed by atoms with E-state index >= 15 is 0 Å². The van der Waals surface area contributed by atoms with E-state index in [9.17, 15) is 0 Å². The number of benzene rings is 3. The second-order valence-corrected chi connectivity index (χ2v) is 9.06. The number of nitrogens with zero attached hydrogens (tertiary/aromatic N) is 1. The van der Waals surface area contributed by atoms with E-state index in [2.05, 4.69) is 87.0 Å². The molecule has 0 aliphatic carbocycles. The summed E-state index contributed by atoms with van der Waals surface area (Å²) in [5, 5.41) is 5.56. The Kier molecular flexibility index (Phi) is 2.91. The SMILES string of the molecule is Cn1c2ccccc2c2c3c(ccc21)sc1ccc(C(C)(C)C)cc13. The molecular formula is C23H21NS. The highest BCUT2D eigenvalue weighted by atomic mass is 32.1. The van der Waals surface area contributed by atoms with Gasteiger partial charge in [0, 0.05) is 49.0 Å². The number of fused-ring (bicyclic) bond motifs is 7. The van der Waals surface area contributed by atoms with Gasteiger partial charge in [0.15, 0.2) is 0 Å². The number of rotatable bonds is 0. The van der Waals surface area contributed by atoms with Gasteiger partial charge in [0.2, 0.25) is 0 Å². The molecule has 0 atom stereocenters. The maximum atomic E-state index is 2.41. The first-order chi connectivity index (χ1) is 11.9. The lowest BCUT2D eigenvalue weighted by Crippen LogP contribution is -2.10. The molecule has 0 unspecified atom stereocenters. The molecule has 0 saturated carbocycles. The molecule has 0 radical (unpaired) electrons. The van der Waals surface area contributed by atoms with Crippen molar-refractivity contribution >= 4 is 53.3 Å². The van der Waals surface area contributed by atoms with Crippen molar-refractivity contribution in [2.75, 3.05) is 0 Å². The third-order valence-corrected chi connectivity index (χ3v) is 6.51. The lowest BCUT2D eigenvalue weighted by molar-refractivity contribution is 0.591. The summed E-state index contributed by atoms with van der Waals surface area (Å²) in [5.41, 5.74) is 4.18. The van der Waals surface area contributed by atoms with E-state index in [1.54, 1.807) is 0 Å². The first-order valence-corrected chi connectivity index (χ1v) is 9.60. The van der Waals surface area contributed by atoms with Crippen LogP contribution < -0.4 is 0 Å². The molecule has 5 aromatic rings. The minimum atomic E-state index is 0.162. The Labute approximate surface area is 151 Å². The Morgan fingerprint density at radius 1 is 0.760 bits per heavy atom. The van der Waals surface area contributed by atoms with Crippen molar-refractivity contribution in [2.24, 2.45) is 7.05 Å². The topological polar surface area (TPSA) is 4.93 Å². The summed E-state index contributed by atoms with van der Waals surface area (Å²) in [6, 6.07) is 20.3. The van der Waals surface area contributed by atoms with Crippen LogP contribution in [0.3, 0.4) is 0 Å². The summed E-state index contributed by atoms with van der Waals surface area (Å²) >= 11 is 1.90. The van der Waals surface area contributed by atoms with E-state index in [-0.39, 0.29) is 5.41 Å². The van der Waals surface area contributed by atoms with E-state index in [1.165, 1.54) is 47.5 Å². The summed E-state index contributed by atoms with van der Waals surface area (Å²) in [7, 11) is 2.17. The van der Waals surface area contributed by atoms with E-state index in [1.807, 2.05) is 11.3 Å². The molecule has 0 fully saturated rings. The van der Waals surface area contributed by atoms with Gasteiger partial charge in [-0.25, -0.2) is 0 Å². The van der Waals surface area contributed by atoms with E-state index in [0.29, 0.717) is 0 Å². The van der Waals surface area contributed by atoms with Crippen LogP contribution in [0, 0.1) is 0 Å². The van der Waals surface area contributed by atoms with E-state index < -0.39 is 0 Å². The van der Waals surface area contributed by atoms with Gasteiger partial charge in [0.05, 0.1) is 0 Å². The fourth-order valence-corrected chi connectivity index (χ4v) is 5.08. The van der Waals surface area contributed by atoms with Crippen molar-refractivity contribution in [1.82, 2.24) is 4.57 Å². The van der Waals surface area contributed by atoms with Crippen LogP contribution in [0.25, 0.3) is 42.0 Å². The Hall–Kier alpha value is -2.32. The van der Waals surface area contributed by atoms with Gasteiger partial charge in [-0.2, -0.15) is 0 Å². The van der Waals surface area contributed by atoms with Gasteiger partial charge in [-0.15, -0.1) is 11.3 Å². The monoisotopic (exact) mass is 343 g/mol. The quantitative estimate of drug-likeness (QED) is 0.285. The molecule has 0 aliphatic rings. The smallest absolute Gasteiger partial charge is 0.0496 e. The highest BCUT2D eigenvalue weighted by molar-refractivity contribution is 7.26. The van der Waals surface area contributed by atoms with Crippen LogP contribution in [-0.2, 0) is 12.5 Å². The van der Waals surface area contributed by atoms with Gasteiger partial charge in [0.25, 0.3) is 0 Å². The zero-order chi connectivity index (χ0) is 17.3. The Morgan fingerprint density at radius 2 is 1.52 bits per heavy atom. The Bertz CT molecular complexity index is 1280. The number of aryl methyl sites for hydroxylation is 1. The highest BCUT2D eigenvalue weighted by Crippen LogP contribution is 2.43. The van der Waals surface area contributed by atoms with Gasteiger partial charge in [-0.3, -0.25) is 0 Å². The summed E-state index contributed by atoms with van der Waals surface area (Å²) in [6.45, 7) is 6.86. The largest absolute Gasteiger partial charge is 0.344 e.